The van der Waals surface area contributed by atoms with Gasteiger partial charge in [0.2, 0.25) is 0 Å². The van der Waals surface area contributed by atoms with E-state index in [9.17, 15) is 4.79 Å². The van der Waals surface area contributed by atoms with E-state index in [1.54, 1.807) is 16.7 Å². The van der Waals surface area contributed by atoms with E-state index >= 15 is 0 Å². The van der Waals surface area contributed by atoms with Gasteiger partial charge in [-0.1, -0.05) is 22.9 Å². The number of halogens is 1. The lowest BCUT2D eigenvalue weighted by Crippen LogP contribution is -2.36. The van der Waals surface area contributed by atoms with Crippen molar-refractivity contribution in [2.45, 2.75) is 26.8 Å². The highest BCUT2D eigenvalue weighted by Gasteiger charge is 2.20. The number of aromatic nitrogens is 2. The van der Waals surface area contributed by atoms with Crippen molar-refractivity contribution in [3.8, 4) is 0 Å². The minimum atomic E-state index is 0.0190. The SMILES string of the molecule is CCc1cc(C(=O)N(CCBr)CCOC)n(CC)n1. The Morgan fingerprint density at radius 2 is 2.21 bits per heavy atom. The second-order valence-corrected chi connectivity index (χ2v) is 4.96. The first kappa shape index (κ1) is 16.2. The van der Waals surface area contributed by atoms with Crippen molar-refractivity contribution < 1.29 is 9.53 Å². The molecular formula is C13H22BrN3O2. The minimum absolute atomic E-state index is 0.0190. The summed E-state index contributed by atoms with van der Waals surface area (Å²) < 4.78 is 6.83. The van der Waals surface area contributed by atoms with E-state index in [4.69, 9.17) is 4.74 Å². The molecule has 0 saturated carbocycles. The van der Waals surface area contributed by atoms with Crippen LogP contribution in [0.5, 0.6) is 0 Å². The van der Waals surface area contributed by atoms with Crippen LogP contribution in [-0.2, 0) is 17.7 Å². The van der Waals surface area contributed by atoms with Gasteiger partial charge in [0.05, 0.1) is 12.3 Å². The number of methoxy groups -OCH3 is 1. The van der Waals surface area contributed by atoms with Crippen LogP contribution in [0.3, 0.4) is 0 Å². The highest BCUT2D eigenvalue weighted by Crippen LogP contribution is 2.09. The van der Waals surface area contributed by atoms with Crippen LogP contribution in [0.4, 0.5) is 0 Å². The summed E-state index contributed by atoms with van der Waals surface area (Å²) in [5.74, 6) is 0.0190. The van der Waals surface area contributed by atoms with Gasteiger partial charge in [0, 0.05) is 32.1 Å². The zero-order chi connectivity index (χ0) is 14.3. The molecule has 6 heteroatoms. The maximum absolute atomic E-state index is 12.5. The Labute approximate surface area is 123 Å². The molecule has 0 radical (unpaired) electrons. The van der Waals surface area contributed by atoms with Crippen molar-refractivity contribution in [1.29, 1.82) is 0 Å². The van der Waals surface area contributed by atoms with Crippen LogP contribution in [0.25, 0.3) is 0 Å². The van der Waals surface area contributed by atoms with E-state index < -0.39 is 0 Å². The highest BCUT2D eigenvalue weighted by atomic mass is 79.9. The fourth-order valence-corrected chi connectivity index (χ4v) is 2.26. The number of carbonyl (C=O) groups is 1. The Kier molecular flexibility index (Phi) is 7.09. The van der Waals surface area contributed by atoms with Crippen LogP contribution in [0.2, 0.25) is 0 Å². The van der Waals surface area contributed by atoms with Crippen LogP contribution in [-0.4, -0.2) is 52.7 Å². The van der Waals surface area contributed by atoms with Gasteiger partial charge in [-0.2, -0.15) is 5.10 Å². The van der Waals surface area contributed by atoms with E-state index in [2.05, 4.69) is 21.0 Å². The van der Waals surface area contributed by atoms with Crippen molar-refractivity contribution in [2.24, 2.45) is 0 Å². The van der Waals surface area contributed by atoms with E-state index in [0.29, 0.717) is 31.9 Å². The highest BCUT2D eigenvalue weighted by molar-refractivity contribution is 9.09. The first-order valence-electron chi connectivity index (χ1n) is 6.58. The van der Waals surface area contributed by atoms with Gasteiger partial charge in [-0.3, -0.25) is 9.48 Å². The second kappa shape index (κ2) is 8.32. The topological polar surface area (TPSA) is 47.4 Å². The molecule has 1 heterocycles. The fraction of sp³-hybridized carbons (Fsp3) is 0.692. The second-order valence-electron chi connectivity index (χ2n) is 4.16. The maximum atomic E-state index is 12.5. The third kappa shape index (κ3) is 4.31. The average Bonchev–Trinajstić information content (AvgIpc) is 2.86. The number of ether oxygens (including phenoxy) is 1. The molecule has 1 aromatic heterocycles. The summed E-state index contributed by atoms with van der Waals surface area (Å²) in [5, 5.41) is 5.17. The fourth-order valence-electron chi connectivity index (χ4n) is 1.84. The Bertz CT molecular complexity index is 407. The van der Waals surface area contributed by atoms with E-state index in [0.717, 1.165) is 17.4 Å². The van der Waals surface area contributed by atoms with Crippen LogP contribution in [0.15, 0.2) is 6.07 Å². The van der Waals surface area contributed by atoms with Gasteiger partial charge >= 0.3 is 0 Å². The summed E-state index contributed by atoms with van der Waals surface area (Å²) in [6.45, 7) is 6.54. The molecule has 0 atom stereocenters. The first-order valence-corrected chi connectivity index (χ1v) is 7.70. The molecule has 1 aromatic rings. The molecule has 0 aliphatic carbocycles. The lowest BCUT2D eigenvalue weighted by molar-refractivity contribution is 0.0697. The van der Waals surface area contributed by atoms with Gasteiger partial charge < -0.3 is 9.64 Å². The Balaban J connectivity index is 2.90. The molecule has 0 aliphatic heterocycles. The Hall–Kier alpha value is -0.880. The van der Waals surface area contributed by atoms with E-state index in [1.165, 1.54) is 0 Å². The number of alkyl halides is 1. The normalized spacial score (nSPS) is 10.7. The summed E-state index contributed by atoms with van der Waals surface area (Å²) in [4.78, 5) is 14.3. The molecule has 0 unspecified atom stereocenters. The predicted octanol–water partition coefficient (Wildman–Crippen LogP) is 1.95. The quantitative estimate of drug-likeness (QED) is 0.684. The van der Waals surface area contributed by atoms with Crippen molar-refractivity contribution in [2.75, 3.05) is 32.1 Å². The summed E-state index contributed by atoms with van der Waals surface area (Å²) in [7, 11) is 1.64. The van der Waals surface area contributed by atoms with Gasteiger partial charge in [0.1, 0.15) is 5.69 Å². The molecule has 0 aromatic carbocycles. The average molecular weight is 332 g/mol. The van der Waals surface area contributed by atoms with Gasteiger partial charge in [0.15, 0.2) is 0 Å². The number of carbonyl (C=O) groups excluding carboxylic acids is 1. The molecule has 1 amide bonds. The number of amides is 1. The summed E-state index contributed by atoms with van der Waals surface area (Å²) in [6.07, 6.45) is 0.837. The van der Waals surface area contributed by atoms with Gasteiger partial charge in [0.25, 0.3) is 5.91 Å². The van der Waals surface area contributed by atoms with Crippen molar-refractivity contribution in [3.05, 3.63) is 17.5 Å². The molecule has 0 bridgehead atoms. The van der Waals surface area contributed by atoms with E-state index in [-0.39, 0.29) is 5.91 Å². The molecule has 108 valence electrons. The number of aryl methyl sites for hydroxylation is 2. The molecule has 0 spiro atoms. The minimum Gasteiger partial charge on any atom is -0.383 e. The van der Waals surface area contributed by atoms with Crippen molar-refractivity contribution in [3.63, 3.8) is 0 Å². The summed E-state index contributed by atoms with van der Waals surface area (Å²) >= 11 is 3.38. The maximum Gasteiger partial charge on any atom is 0.272 e. The Morgan fingerprint density at radius 3 is 2.74 bits per heavy atom. The summed E-state index contributed by atoms with van der Waals surface area (Å²) in [6, 6.07) is 1.89. The molecule has 0 saturated heterocycles. The molecule has 1 rings (SSSR count). The lowest BCUT2D eigenvalue weighted by Gasteiger charge is -2.21. The van der Waals surface area contributed by atoms with Gasteiger partial charge in [-0.05, 0) is 19.4 Å². The number of nitrogens with zero attached hydrogens (tertiary/aromatic N) is 3. The zero-order valence-corrected chi connectivity index (χ0v) is 13.4. The van der Waals surface area contributed by atoms with Crippen molar-refractivity contribution in [1.82, 2.24) is 14.7 Å². The summed E-state index contributed by atoms with van der Waals surface area (Å²) in [5.41, 5.74) is 1.62. The number of hydrogen-bond acceptors (Lipinski definition) is 3. The number of rotatable bonds is 8. The largest absolute Gasteiger partial charge is 0.383 e. The van der Waals surface area contributed by atoms with Crippen LogP contribution >= 0.6 is 15.9 Å². The Morgan fingerprint density at radius 1 is 1.47 bits per heavy atom. The molecular weight excluding hydrogens is 310 g/mol. The standard InChI is InChI=1S/C13H22BrN3O2/c1-4-11-10-12(17(5-2)15-11)13(18)16(7-6-14)8-9-19-3/h10H,4-9H2,1-3H3. The van der Waals surface area contributed by atoms with Gasteiger partial charge in [-0.15, -0.1) is 0 Å². The number of hydrogen-bond donors (Lipinski definition) is 0. The van der Waals surface area contributed by atoms with Crippen LogP contribution in [0, 0.1) is 0 Å². The third-order valence-corrected chi connectivity index (χ3v) is 3.27. The van der Waals surface area contributed by atoms with Gasteiger partial charge in [-0.25, -0.2) is 0 Å². The molecule has 5 nitrogen and oxygen atoms in total. The first-order chi connectivity index (χ1) is 9.17. The molecule has 19 heavy (non-hydrogen) atoms. The van der Waals surface area contributed by atoms with E-state index in [1.807, 2.05) is 19.9 Å². The van der Waals surface area contributed by atoms with Crippen LogP contribution < -0.4 is 0 Å². The van der Waals surface area contributed by atoms with Crippen LogP contribution in [0.1, 0.15) is 30.0 Å². The lowest BCUT2D eigenvalue weighted by atomic mass is 10.2. The molecule has 0 N–H and O–H groups in total. The zero-order valence-electron chi connectivity index (χ0n) is 11.9. The predicted molar refractivity (Wildman–Crippen MR) is 78.9 cm³/mol. The van der Waals surface area contributed by atoms with Crippen molar-refractivity contribution >= 4 is 21.8 Å². The third-order valence-electron chi connectivity index (χ3n) is 2.92. The monoisotopic (exact) mass is 331 g/mol. The molecule has 0 fully saturated rings. The smallest absolute Gasteiger partial charge is 0.272 e. The molecule has 0 aliphatic rings.